The highest BCUT2D eigenvalue weighted by Crippen LogP contribution is 2.26. The molecule has 2 amide bonds. The summed E-state index contributed by atoms with van der Waals surface area (Å²) in [5, 5.41) is 13.6. The maximum Gasteiger partial charge on any atom is 0.305 e. The van der Waals surface area contributed by atoms with Gasteiger partial charge in [0, 0.05) is 19.4 Å². The molecule has 2 atom stereocenters. The highest BCUT2D eigenvalue weighted by atomic mass is 19.2. The van der Waals surface area contributed by atoms with Crippen LogP contribution in [0.3, 0.4) is 0 Å². The topological polar surface area (TPSA) is 153 Å². The summed E-state index contributed by atoms with van der Waals surface area (Å²) in [5.41, 5.74) is -0.971. The van der Waals surface area contributed by atoms with Gasteiger partial charge in [0.15, 0.2) is 23.2 Å². The summed E-state index contributed by atoms with van der Waals surface area (Å²) in [6.07, 6.45) is 0.211. The Hall–Kier alpha value is -4.27. The third-order valence-electron chi connectivity index (χ3n) is 5.06. The maximum atomic E-state index is 13.8. The lowest BCUT2D eigenvalue weighted by Gasteiger charge is -2.22. The van der Waals surface area contributed by atoms with E-state index in [9.17, 15) is 41.5 Å². The van der Waals surface area contributed by atoms with Crippen LogP contribution in [0.5, 0.6) is 5.75 Å². The van der Waals surface area contributed by atoms with E-state index >= 15 is 0 Å². The van der Waals surface area contributed by atoms with Gasteiger partial charge in [0.05, 0.1) is 6.42 Å². The molecule has 0 spiro atoms. The number of ketones is 1. The zero-order valence-electron chi connectivity index (χ0n) is 20.1. The van der Waals surface area contributed by atoms with Gasteiger partial charge >= 0.3 is 5.97 Å². The maximum absolute atomic E-state index is 13.8. The number of methoxy groups -OCH3 is 1. The van der Waals surface area contributed by atoms with E-state index in [1.54, 1.807) is 0 Å². The average molecular weight is 545 g/mol. The van der Waals surface area contributed by atoms with E-state index < -0.39 is 83.3 Å². The number of rotatable bonds is 13. The molecule has 206 valence electrons. The van der Waals surface area contributed by atoms with Gasteiger partial charge in [-0.1, -0.05) is 6.92 Å². The number of carbonyl (C=O) groups is 4. The van der Waals surface area contributed by atoms with Gasteiger partial charge in [-0.3, -0.25) is 24.0 Å². The number of benzene rings is 1. The lowest BCUT2D eigenvalue weighted by Crippen LogP contribution is -2.48. The number of aliphatic carboxylic acids is 1. The van der Waals surface area contributed by atoms with Gasteiger partial charge in [-0.05, 0) is 18.6 Å². The van der Waals surface area contributed by atoms with Crippen LogP contribution in [0.15, 0.2) is 29.2 Å². The fourth-order valence-corrected chi connectivity index (χ4v) is 3.29. The summed E-state index contributed by atoms with van der Waals surface area (Å²) in [6.45, 7) is -0.0933. The van der Waals surface area contributed by atoms with Crippen LogP contribution in [0.4, 0.5) is 23.2 Å². The standard InChI is InChI=1S/C23H23F4N3O8/c1-3-15(30-6-4-5-13(23(30)36)28-17(32)10-37-2)22(35)29-14(8-18(33)34)16(31)9-38-21-19(26)11(24)7-12(25)20(21)27/h4-7,14-15H,3,8-10H2,1-2H3,(H,28,32)(H,29,35)(H,33,34). The lowest BCUT2D eigenvalue weighted by atomic mass is 10.1. The summed E-state index contributed by atoms with van der Waals surface area (Å²) in [4.78, 5) is 61.3. The molecule has 0 aliphatic carbocycles. The number of aromatic nitrogens is 1. The lowest BCUT2D eigenvalue weighted by molar-refractivity contribution is -0.140. The number of amides is 2. The molecule has 2 rings (SSSR count). The molecule has 2 unspecified atom stereocenters. The van der Waals surface area contributed by atoms with E-state index in [1.165, 1.54) is 32.4 Å². The van der Waals surface area contributed by atoms with E-state index in [2.05, 4.69) is 20.1 Å². The van der Waals surface area contributed by atoms with Crippen LogP contribution in [0.2, 0.25) is 0 Å². The molecule has 0 saturated heterocycles. The molecule has 0 fully saturated rings. The fraction of sp³-hybridized carbons (Fsp3) is 0.348. The number of hydrogen-bond acceptors (Lipinski definition) is 7. The Bertz CT molecular complexity index is 1260. The number of halogens is 4. The van der Waals surface area contributed by atoms with E-state index in [0.717, 1.165) is 4.57 Å². The molecular weight excluding hydrogens is 522 g/mol. The van der Waals surface area contributed by atoms with Crippen LogP contribution in [-0.2, 0) is 23.9 Å². The van der Waals surface area contributed by atoms with Crippen LogP contribution in [0, 0.1) is 23.3 Å². The molecule has 1 heterocycles. The Labute approximate surface area is 212 Å². The molecule has 0 aliphatic heterocycles. The van der Waals surface area contributed by atoms with Crippen molar-refractivity contribution < 1.29 is 51.3 Å². The Balaban J connectivity index is 2.25. The molecule has 1 aromatic carbocycles. The van der Waals surface area contributed by atoms with Gasteiger partial charge in [0.25, 0.3) is 5.56 Å². The first kappa shape index (κ1) is 30.0. The predicted molar refractivity (Wildman–Crippen MR) is 121 cm³/mol. The van der Waals surface area contributed by atoms with Crippen molar-refractivity contribution in [1.29, 1.82) is 0 Å². The fourth-order valence-electron chi connectivity index (χ4n) is 3.29. The number of carboxylic acids is 1. The summed E-state index contributed by atoms with van der Waals surface area (Å²) in [5.74, 6) is -13.3. The number of nitrogens with zero attached hydrogens (tertiary/aromatic N) is 1. The quantitative estimate of drug-likeness (QED) is 0.253. The number of hydrogen-bond donors (Lipinski definition) is 3. The third-order valence-corrected chi connectivity index (χ3v) is 5.06. The van der Waals surface area contributed by atoms with Crippen molar-refractivity contribution in [3.8, 4) is 5.75 Å². The van der Waals surface area contributed by atoms with Gasteiger partial charge in [-0.2, -0.15) is 8.78 Å². The van der Waals surface area contributed by atoms with Gasteiger partial charge in [-0.15, -0.1) is 0 Å². The zero-order valence-corrected chi connectivity index (χ0v) is 20.1. The number of nitrogens with one attached hydrogen (secondary N) is 2. The number of anilines is 1. The van der Waals surface area contributed by atoms with Crippen LogP contribution in [-0.4, -0.2) is 59.6 Å². The number of ether oxygens (including phenoxy) is 2. The molecule has 38 heavy (non-hydrogen) atoms. The van der Waals surface area contributed by atoms with Crippen molar-refractivity contribution in [2.24, 2.45) is 0 Å². The second-order valence-corrected chi connectivity index (χ2v) is 7.75. The second-order valence-electron chi connectivity index (χ2n) is 7.75. The Morgan fingerprint density at radius 2 is 1.71 bits per heavy atom. The van der Waals surface area contributed by atoms with Gasteiger partial charge in [-0.25, -0.2) is 8.78 Å². The monoisotopic (exact) mass is 545 g/mol. The van der Waals surface area contributed by atoms with Gasteiger partial charge in [0.1, 0.15) is 31.0 Å². The third kappa shape index (κ3) is 7.38. The normalized spacial score (nSPS) is 12.4. The first-order valence-corrected chi connectivity index (χ1v) is 10.9. The molecule has 0 radical (unpaired) electrons. The first-order valence-electron chi connectivity index (χ1n) is 10.9. The molecule has 1 aromatic heterocycles. The Morgan fingerprint density at radius 3 is 2.26 bits per heavy atom. The van der Waals surface area contributed by atoms with Crippen LogP contribution in [0.25, 0.3) is 0 Å². The van der Waals surface area contributed by atoms with Crippen molar-refractivity contribution in [3.05, 3.63) is 58.0 Å². The molecule has 11 nitrogen and oxygen atoms in total. The van der Waals surface area contributed by atoms with Crippen molar-refractivity contribution in [3.63, 3.8) is 0 Å². The smallest absolute Gasteiger partial charge is 0.305 e. The number of carboxylic acid groups (broad SMARTS) is 1. The number of carbonyl (C=O) groups excluding carboxylic acids is 3. The van der Waals surface area contributed by atoms with Crippen molar-refractivity contribution >= 4 is 29.3 Å². The van der Waals surface area contributed by atoms with Crippen LogP contribution >= 0.6 is 0 Å². The first-order chi connectivity index (χ1) is 17.9. The van der Waals surface area contributed by atoms with Gasteiger partial charge in [0.2, 0.25) is 23.4 Å². The Kier molecular flexibility index (Phi) is 10.5. The molecule has 3 N–H and O–H groups in total. The van der Waals surface area contributed by atoms with Crippen LogP contribution < -0.4 is 20.9 Å². The minimum Gasteiger partial charge on any atom is -0.481 e. The van der Waals surface area contributed by atoms with Crippen molar-refractivity contribution in [2.75, 3.05) is 25.6 Å². The van der Waals surface area contributed by atoms with Crippen molar-refractivity contribution in [2.45, 2.75) is 31.8 Å². The molecule has 15 heteroatoms. The molecular formula is C23H23F4N3O8. The summed E-state index contributed by atoms with van der Waals surface area (Å²) in [7, 11) is 1.27. The zero-order chi connectivity index (χ0) is 28.6. The van der Waals surface area contributed by atoms with Gasteiger partial charge < -0.3 is 29.8 Å². The average Bonchev–Trinajstić information content (AvgIpc) is 2.84. The number of Topliss-reactive ketones (excluding diaryl/α,β-unsaturated/α-hetero) is 1. The van der Waals surface area contributed by atoms with E-state index in [1.807, 2.05) is 0 Å². The Morgan fingerprint density at radius 1 is 1.08 bits per heavy atom. The molecule has 0 bridgehead atoms. The second kappa shape index (κ2) is 13.3. The summed E-state index contributed by atoms with van der Waals surface area (Å²) < 4.78 is 64.5. The van der Waals surface area contributed by atoms with E-state index in [-0.39, 0.29) is 24.8 Å². The molecule has 0 saturated carbocycles. The molecule has 0 aliphatic rings. The van der Waals surface area contributed by atoms with Crippen molar-refractivity contribution in [1.82, 2.24) is 9.88 Å². The summed E-state index contributed by atoms with van der Waals surface area (Å²) in [6, 6.07) is -0.525. The van der Waals surface area contributed by atoms with Crippen LogP contribution in [0.1, 0.15) is 25.8 Å². The minimum absolute atomic E-state index is 0.0231. The largest absolute Gasteiger partial charge is 0.481 e. The highest BCUT2D eigenvalue weighted by molar-refractivity contribution is 5.94. The van der Waals surface area contributed by atoms with E-state index in [4.69, 9.17) is 5.11 Å². The highest BCUT2D eigenvalue weighted by Gasteiger charge is 2.30. The molecule has 2 aromatic rings. The SMILES string of the molecule is CCC(C(=O)NC(CC(=O)O)C(=O)COc1c(F)c(F)cc(F)c1F)n1cccc(NC(=O)COC)c1=O. The predicted octanol–water partition coefficient (Wildman–Crippen LogP) is 1.55. The number of pyridine rings is 1. The summed E-state index contributed by atoms with van der Waals surface area (Å²) >= 11 is 0. The van der Waals surface area contributed by atoms with E-state index in [0.29, 0.717) is 0 Å². The minimum atomic E-state index is -1.92.